The number of benzene rings is 1. The van der Waals surface area contributed by atoms with E-state index < -0.39 is 0 Å². The average Bonchev–Trinajstić information content (AvgIpc) is 2.46. The van der Waals surface area contributed by atoms with Gasteiger partial charge in [0.1, 0.15) is 5.69 Å². The largest absolute Gasteiger partial charge is 0.364 e. The van der Waals surface area contributed by atoms with E-state index in [0.717, 1.165) is 37.3 Å². The van der Waals surface area contributed by atoms with E-state index in [-0.39, 0.29) is 10.6 Å². The second kappa shape index (κ2) is 6.70. The van der Waals surface area contributed by atoms with E-state index in [2.05, 4.69) is 17.1 Å². The van der Waals surface area contributed by atoms with Crippen molar-refractivity contribution in [2.75, 3.05) is 24.5 Å². The molecular weight excluding hydrogens is 254 g/mol. The zero-order chi connectivity index (χ0) is 14.5. The topological polar surface area (TPSA) is 58.4 Å². The third-order valence-electron chi connectivity index (χ3n) is 3.96. The Bertz CT molecular complexity index is 470. The highest BCUT2D eigenvalue weighted by Crippen LogP contribution is 2.31. The molecular formula is C15H23N3O2. The summed E-state index contributed by atoms with van der Waals surface area (Å²) in [6, 6.07) is 5.73. The van der Waals surface area contributed by atoms with Crippen molar-refractivity contribution in [2.24, 2.45) is 0 Å². The van der Waals surface area contributed by atoms with Gasteiger partial charge < -0.3 is 10.2 Å². The Kier molecular flexibility index (Phi) is 4.95. The second-order valence-corrected chi connectivity index (χ2v) is 5.39. The minimum Gasteiger partial charge on any atom is -0.364 e. The molecule has 0 spiro atoms. The molecule has 2 rings (SSSR count). The number of aryl methyl sites for hydroxylation is 1. The first-order valence-corrected chi connectivity index (χ1v) is 7.35. The molecule has 1 heterocycles. The van der Waals surface area contributed by atoms with Crippen molar-refractivity contribution in [3.05, 3.63) is 33.9 Å². The molecule has 1 atom stereocenters. The number of likely N-dealkylation sites (N-methyl/N-ethyl adjacent to an activating group) is 1. The molecule has 0 bridgehead atoms. The molecule has 20 heavy (non-hydrogen) atoms. The standard InChI is InChI=1S/C15H23N3O2/c1-3-17(11-13-8-4-5-10-16-13)15-12(2)7-6-9-14(15)18(19)20/h6-7,9,13,16H,3-5,8,10-11H2,1-2H3. The minimum atomic E-state index is -0.278. The lowest BCUT2D eigenvalue weighted by Crippen LogP contribution is -2.44. The number of anilines is 1. The highest BCUT2D eigenvalue weighted by Gasteiger charge is 2.23. The number of piperidine rings is 1. The van der Waals surface area contributed by atoms with E-state index in [4.69, 9.17) is 0 Å². The van der Waals surface area contributed by atoms with Crippen LogP contribution in [0.5, 0.6) is 0 Å². The summed E-state index contributed by atoms with van der Waals surface area (Å²) in [5.74, 6) is 0. The maximum absolute atomic E-state index is 11.2. The second-order valence-electron chi connectivity index (χ2n) is 5.39. The van der Waals surface area contributed by atoms with Gasteiger partial charge >= 0.3 is 0 Å². The summed E-state index contributed by atoms with van der Waals surface area (Å²) in [4.78, 5) is 13.1. The minimum absolute atomic E-state index is 0.211. The lowest BCUT2D eigenvalue weighted by Gasteiger charge is -2.31. The lowest BCUT2D eigenvalue weighted by atomic mass is 10.0. The number of rotatable bonds is 5. The van der Waals surface area contributed by atoms with Crippen LogP contribution in [0.3, 0.4) is 0 Å². The molecule has 0 radical (unpaired) electrons. The number of hydrogen-bond acceptors (Lipinski definition) is 4. The Morgan fingerprint density at radius 1 is 1.45 bits per heavy atom. The molecule has 1 aromatic rings. The van der Waals surface area contributed by atoms with Crippen molar-refractivity contribution >= 4 is 11.4 Å². The molecule has 5 nitrogen and oxygen atoms in total. The Labute approximate surface area is 120 Å². The lowest BCUT2D eigenvalue weighted by molar-refractivity contribution is -0.384. The molecule has 0 saturated carbocycles. The van der Waals surface area contributed by atoms with Gasteiger partial charge in [0.25, 0.3) is 5.69 Å². The predicted octanol–water partition coefficient (Wildman–Crippen LogP) is 2.87. The van der Waals surface area contributed by atoms with Crippen molar-refractivity contribution in [1.82, 2.24) is 5.32 Å². The van der Waals surface area contributed by atoms with Crippen molar-refractivity contribution in [3.8, 4) is 0 Å². The van der Waals surface area contributed by atoms with Gasteiger partial charge in [0.2, 0.25) is 0 Å². The molecule has 1 N–H and O–H groups in total. The summed E-state index contributed by atoms with van der Waals surface area (Å²) < 4.78 is 0. The molecule has 1 unspecified atom stereocenters. The van der Waals surface area contributed by atoms with Gasteiger partial charge in [-0.3, -0.25) is 10.1 Å². The molecule has 0 amide bonds. The number of para-hydroxylation sites is 1. The molecule has 1 saturated heterocycles. The third-order valence-corrected chi connectivity index (χ3v) is 3.96. The number of nitrogens with zero attached hydrogens (tertiary/aromatic N) is 2. The van der Waals surface area contributed by atoms with Gasteiger partial charge in [-0.15, -0.1) is 0 Å². The van der Waals surface area contributed by atoms with Crippen molar-refractivity contribution in [1.29, 1.82) is 0 Å². The molecule has 1 aromatic carbocycles. The van der Waals surface area contributed by atoms with Gasteiger partial charge in [-0.25, -0.2) is 0 Å². The fraction of sp³-hybridized carbons (Fsp3) is 0.600. The number of nitro benzene ring substituents is 1. The highest BCUT2D eigenvalue weighted by atomic mass is 16.6. The van der Waals surface area contributed by atoms with Crippen LogP contribution < -0.4 is 10.2 Å². The first-order chi connectivity index (χ1) is 9.63. The third kappa shape index (κ3) is 3.28. The summed E-state index contributed by atoms with van der Waals surface area (Å²) >= 11 is 0. The summed E-state index contributed by atoms with van der Waals surface area (Å²) in [6.45, 7) is 6.67. The van der Waals surface area contributed by atoms with Crippen molar-refractivity contribution in [3.63, 3.8) is 0 Å². The van der Waals surface area contributed by atoms with Crippen molar-refractivity contribution in [2.45, 2.75) is 39.2 Å². The SMILES string of the molecule is CCN(CC1CCCCN1)c1c(C)cccc1[N+](=O)[O-]. The molecule has 1 fully saturated rings. The van der Waals surface area contributed by atoms with Gasteiger partial charge in [-0.05, 0) is 38.8 Å². The van der Waals surface area contributed by atoms with Gasteiger partial charge in [-0.1, -0.05) is 18.6 Å². The molecule has 5 heteroatoms. The average molecular weight is 277 g/mol. The Morgan fingerprint density at radius 3 is 2.85 bits per heavy atom. The number of nitro groups is 1. The maximum atomic E-state index is 11.2. The quantitative estimate of drug-likeness (QED) is 0.664. The van der Waals surface area contributed by atoms with Gasteiger partial charge in [0, 0.05) is 25.2 Å². The van der Waals surface area contributed by atoms with Gasteiger partial charge in [0.15, 0.2) is 0 Å². The van der Waals surface area contributed by atoms with Crippen LogP contribution in [-0.2, 0) is 0 Å². The van der Waals surface area contributed by atoms with Crippen LogP contribution in [0.2, 0.25) is 0 Å². The molecule has 1 aliphatic heterocycles. The van der Waals surface area contributed by atoms with Crippen LogP contribution in [0.25, 0.3) is 0 Å². The number of hydrogen-bond donors (Lipinski definition) is 1. The molecule has 0 aliphatic carbocycles. The van der Waals surface area contributed by atoms with Crippen LogP contribution in [0.1, 0.15) is 31.7 Å². The summed E-state index contributed by atoms with van der Waals surface area (Å²) in [5, 5.41) is 14.8. The first kappa shape index (κ1) is 14.8. The van der Waals surface area contributed by atoms with Crippen molar-refractivity contribution < 1.29 is 4.92 Å². The van der Waals surface area contributed by atoms with E-state index in [1.54, 1.807) is 12.1 Å². The maximum Gasteiger partial charge on any atom is 0.292 e. The van der Waals surface area contributed by atoms with E-state index in [1.165, 1.54) is 12.8 Å². The summed E-state index contributed by atoms with van der Waals surface area (Å²) in [7, 11) is 0. The monoisotopic (exact) mass is 277 g/mol. The van der Waals surface area contributed by atoms with E-state index in [9.17, 15) is 10.1 Å². The summed E-state index contributed by atoms with van der Waals surface area (Å²) in [5.41, 5.74) is 1.95. The van der Waals surface area contributed by atoms with Gasteiger partial charge in [0.05, 0.1) is 4.92 Å². The number of nitrogens with one attached hydrogen (secondary N) is 1. The molecule has 1 aliphatic rings. The highest BCUT2D eigenvalue weighted by molar-refractivity contribution is 5.67. The fourth-order valence-electron chi connectivity index (χ4n) is 2.93. The summed E-state index contributed by atoms with van der Waals surface area (Å²) in [6.07, 6.45) is 3.62. The zero-order valence-corrected chi connectivity index (χ0v) is 12.3. The van der Waals surface area contributed by atoms with E-state index >= 15 is 0 Å². The van der Waals surface area contributed by atoms with Crippen LogP contribution in [0, 0.1) is 17.0 Å². The zero-order valence-electron chi connectivity index (χ0n) is 12.3. The van der Waals surface area contributed by atoms with E-state index in [1.807, 2.05) is 13.0 Å². The van der Waals surface area contributed by atoms with Crippen LogP contribution in [0.4, 0.5) is 11.4 Å². The molecule has 110 valence electrons. The van der Waals surface area contributed by atoms with Gasteiger partial charge in [-0.2, -0.15) is 0 Å². The predicted molar refractivity (Wildman–Crippen MR) is 81.4 cm³/mol. The Hall–Kier alpha value is -1.62. The van der Waals surface area contributed by atoms with Crippen LogP contribution >= 0.6 is 0 Å². The fourth-order valence-corrected chi connectivity index (χ4v) is 2.93. The van der Waals surface area contributed by atoms with Crippen LogP contribution in [-0.4, -0.2) is 30.6 Å². The normalized spacial score (nSPS) is 18.8. The molecule has 0 aromatic heterocycles. The Morgan fingerprint density at radius 2 is 2.25 bits per heavy atom. The smallest absolute Gasteiger partial charge is 0.292 e. The Balaban J connectivity index is 2.24. The van der Waals surface area contributed by atoms with Crippen LogP contribution in [0.15, 0.2) is 18.2 Å². The first-order valence-electron chi connectivity index (χ1n) is 7.35. The van der Waals surface area contributed by atoms with E-state index in [0.29, 0.717) is 6.04 Å².